The summed E-state index contributed by atoms with van der Waals surface area (Å²) in [5.41, 5.74) is 1.13. The molecule has 7 heteroatoms. The molecule has 0 aliphatic heterocycles. The van der Waals surface area contributed by atoms with Gasteiger partial charge in [0.15, 0.2) is 0 Å². The van der Waals surface area contributed by atoms with E-state index in [4.69, 9.17) is 0 Å². The minimum atomic E-state index is -0.499. The van der Waals surface area contributed by atoms with Gasteiger partial charge >= 0.3 is 0 Å². The summed E-state index contributed by atoms with van der Waals surface area (Å²) in [5.74, 6) is -0.480. The largest absolute Gasteiger partial charge is 0.332 e. The highest BCUT2D eigenvalue weighted by atomic mass is 19.1. The van der Waals surface area contributed by atoms with Gasteiger partial charge in [0, 0.05) is 24.8 Å². The van der Waals surface area contributed by atoms with Crippen molar-refractivity contribution in [3.63, 3.8) is 0 Å². The Labute approximate surface area is 120 Å². The van der Waals surface area contributed by atoms with Gasteiger partial charge in [0.2, 0.25) is 0 Å². The van der Waals surface area contributed by atoms with Gasteiger partial charge in [0.05, 0.1) is 29.1 Å². The van der Waals surface area contributed by atoms with Crippen LogP contribution in [0.4, 0.5) is 10.1 Å². The summed E-state index contributed by atoms with van der Waals surface area (Å²) in [6, 6.07) is 4.08. The van der Waals surface area contributed by atoms with E-state index in [-0.39, 0.29) is 12.2 Å². The fraction of sp³-hybridized carbons (Fsp3) is 0.357. The maximum atomic E-state index is 13.3. The van der Waals surface area contributed by atoms with Crippen LogP contribution < -0.4 is 5.32 Å². The Morgan fingerprint density at radius 3 is 3.00 bits per heavy atom. The molecular formula is C14H15FN4O2. The van der Waals surface area contributed by atoms with Crippen LogP contribution in [0.3, 0.4) is 0 Å². The molecule has 1 N–H and O–H groups in total. The maximum Gasteiger partial charge on any atom is 0.274 e. The quantitative estimate of drug-likeness (QED) is 0.654. The zero-order valence-corrected chi connectivity index (χ0v) is 11.3. The molecule has 110 valence electrons. The van der Waals surface area contributed by atoms with Crippen LogP contribution in [0.5, 0.6) is 0 Å². The molecule has 21 heavy (non-hydrogen) atoms. The molecule has 3 rings (SSSR count). The number of nitrogens with zero attached hydrogens (tertiary/aromatic N) is 3. The van der Waals surface area contributed by atoms with Gasteiger partial charge in [-0.3, -0.25) is 10.1 Å². The fourth-order valence-corrected chi connectivity index (χ4v) is 2.18. The van der Waals surface area contributed by atoms with Crippen molar-refractivity contribution in [2.45, 2.75) is 32.0 Å². The van der Waals surface area contributed by atoms with Gasteiger partial charge in [-0.2, -0.15) is 0 Å². The molecule has 1 heterocycles. The van der Waals surface area contributed by atoms with E-state index in [1.165, 1.54) is 25.0 Å². The highest BCUT2D eigenvalue weighted by Crippen LogP contribution is 2.21. The van der Waals surface area contributed by atoms with Gasteiger partial charge in [-0.1, -0.05) is 0 Å². The molecule has 0 spiro atoms. The van der Waals surface area contributed by atoms with E-state index in [1.54, 1.807) is 10.9 Å². The molecule has 1 aliphatic carbocycles. The van der Waals surface area contributed by atoms with Crippen LogP contribution >= 0.6 is 0 Å². The molecule has 1 aromatic heterocycles. The second kappa shape index (κ2) is 5.61. The summed E-state index contributed by atoms with van der Waals surface area (Å²) in [4.78, 5) is 14.7. The van der Waals surface area contributed by atoms with E-state index >= 15 is 0 Å². The Balaban J connectivity index is 1.73. The normalized spacial score (nSPS) is 14.3. The van der Waals surface area contributed by atoms with Crippen LogP contribution in [0.25, 0.3) is 0 Å². The molecule has 2 aromatic rings. The average molecular weight is 290 g/mol. The summed E-state index contributed by atoms with van der Waals surface area (Å²) in [7, 11) is 0. The molecule has 0 bridgehead atoms. The van der Waals surface area contributed by atoms with Crippen LogP contribution in [-0.4, -0.2) is 20.5 Å². The molecular weight excluding hydrogens is 275 g/mol. The number of benzene rings is 1. The van der Waals surface area contributed by atoms with Gasteiger partial charge < -0.3 is 9.88 Å². The standard InChI is InChI=1S/C14H15FN4O2/c15-11-1-4-14(19(20)21)10(5-11)7-18-8-13(17-9-18)6-16-12-2-3-12/h1,4-5,8-9,12,16H,2-3,6-7H2. The zero-order chi connectivity index (χ0) is 14.8. The SMILES string of the molecule is O=[N+]([O-])c1ccc(F)cc1Cn1cnc(CNC2CC2)c1. The second-order valence-electron chi connectivity index (χ2n) is 5.22. The summed E-state index contributed by atoms with van der Waals surface area (Å²) in [6.07, 6.45) is 5.84. The second-order valence-corrected chi connectivity index (χ2v) is 5.22. The molecule has 0 amide bonds. The summed E-state index contributed by atoms with van der Waals surface area (Å²) < 4.78 is 15.0. The van der Waals surface area contributed by atoms with Gasteiger partial charge in [0.25, 0.3) is 5.69 Å². The molecule has 1 aromatic carbocycles. The molecule has 0 saturated heterocycles. The smallest absolute Gasteiger partial charge is 0.274 e. The van der Waals surface area contributed by atoms with Crippen molar-refractivity contribution in [2.24, 2.45) is 0 Å². The third kappa shape index (κ3) is 3.43. The van der Waals surface area contributed by atoms with E-state index in [1.807, 2.05) is 6.20 Å². The van der Waals surface area contributed by atoms with Crippen molar-refractivity contribution in [2.75, 3.05) is 0 Å². The minimum absolute atomic E-state index is 0.0808. The fourth-order valence-electron chi connectivity index (χ4n) is 2.18. The number of aromatic nitrogens is 2. The predicted molar refractivity (Wildman–Crippen MR) is 74.2 cm³/mol. The first-order valence-corrected chi connectivity index (χ1v) is 6.78. The van der Waals surface area contributed by atoms with Crippen LogP contribution in [0.2, 0.25) is 0 Å². The molecule has 0 unspecified atom stereocenters. The van der Waals surface area contributed by atoms with Crippen molar-refractivity contribution in [1.82, 2.24) is 14.9 Å². The molecule has 1 saturated carbocycles. The van der Waals surface area contributed by atoms with Crippen LogP contribution in [-0.2, 0) is 13.1 Å². The third-order valence-electron chi connectivity index (χ3n) is 3.43. The molecule has 1 fully saturated rings. The molecule has 6 nitrogen and oxygen atoms in total. The van der Waals surface area contributed by atoms with Gasteiger partial charge in [0.1, 0.15) is 5.82 Å². The summed E-state index contributed by atoms with van der Waals surface area (Å²) >= 11 is 0. The lowest BCUT2D eigenvalue weighted by atomic mass is 10.1. The summed E-state index contributed by atoms with van der Waals surface area (Å²) in [5, 5.41) is 14.3. The van der Waals surface area contributed by atoms with Crippen molar-refractivity contribution in [3.05, 3.63) is 57.9 Å². The van der Waals surface area contributed by atoms with Crippen LogP contribution in [0.1, 0.15) is 24.1 Å². The van der Waals surface area contributed by atoms with E-state index < -0.39 is 10.7 Å². The van der Waals surface area contributed by atoms with Crippen molar-refractivity contribution < 1.29 is 9.31 Å². The van der Waals surface area contributed by atoms with Crippen molar-refractivity contribution in [3.8, 4) is 0 Å². The number of rotatable bonds is 6. The van der Waals surface area contributed by atoms with Crippen LogP contribution in [0.15, 0.2) is 30.7 Å². The van der Waals surface area contributed by atoms with Gasteiger partial charge in [-0.25, -0.2) is 9.37 Å². The van der Waals surface area contributed by atoms with Gasteiger partial charge in [-0.05, 0) is 25.0 Å². The highest BCUT2D eigenvalue weighted by molar-refractivity contribution is 5.40. The Kier molecular flexibility index (Phi) is 3.66. The predicted octanol–water partition coefficient (Wildman–Crippen LogP) is 2.23. The van der Waals surface area contributed by atoms with Crippen molar-refractivity contribution in [1.29, 1.82) is 0 Å². The lowest BCUT2D eigenvalue weighted by Crippen LogP contribution is -2.15. The van der Waals surface area contributed by atoms with Gasteiger partial charge in [-0.15, -0.1) is 0 Å². The van der Waals surface area contributed by atoms with Crippen LogP contribution in [0, 0.1) is 15.9 Å². The number of nitrogens with one attached hydrogen (secondary N) is 1. The van der Waals surface area contributed by atoms with Crippen molar-refractivity contribution >= 4 is 5.69 Å². The number of halogens is 1. The van der Waals surface area contributed by atoms with E-state index in [0.717, 1.165) is 11.8 Å². The Morgan fingerprint density at radius 2 is 2.29 bits per heavy atom. The number of hydrogen-bond donors (Lipinski definition) is 1. The van der Waals surface area contributed by atoms with E-state index in [2.05, 4.69) is 10.3 Å². The first-order chi connectivity index (χ1) is 10.1. The minimum Gasteiger partial charge on any atom is -0.332 e. The monoisotopic (exact) mass is 290 g/mol. The third-order valence-corrected chi connectivity index (χ3v) is 3.43. The highest BCUT2D eigenvalue weighted by Gasteiger charge is 2.20. The first kappa shape index (κ1) is 13.7. The lowest BCUT2D eigenvalue weighted by Gasteiger charge is -2.04. The lowest BCUT2D eigenvalue weighted by molar-refractivity contribution is -0.385. The maximum absolute atomic E-state index is 13.3. The summed E-state index contributed by atoms with van der Waals surface area (Å²) in [6.45, 7) is 0.910. The molecule has 0 atom stereocenters. The Morgan fingerprint density at radius 1 is 1.48 bits per heavy atom. The molecule has 0 radical (unpaired) electrons. The number of hydrogen-bond acceptors (Lipinski definition) is 4. The average Bonchev–Trinajstić information content (AvgIpc) is 3.16. The number of imidazole rings is 1. The van der Waals surface area contributed by atoms with E-state index in [9.17, 15) is 14.5 Å². The topological polar surface area (TPSA) is 73.0 Å². The van der Waals surface area contributed by atoms with E-state index in [0.29, 0.717) is 18.2 Å². The number of nitro groups is 1. The first-order valence-electron chi connectivity index (χ1n) is 6.78. The Hall–Kier alpha value is -2.28. The number of nitro benzene ring substituents is 1. The Bertz CT molecular complexity index is 667. The zero-order valence-electron chi connectivity index (χ0n) is 11.3. The molecule has 1 aliphatic rings.